The average molecular weight is 362 g/mol. The molecule has 1 heterocycles. The van der Waals surface area contributed by atoms with Crippen LogP contribution in [0.1, 0.15) is 12.8 Å². The molecule has 1 aliphatic rings. The Hall–Kier alpha value is -1.15. The van der Waals surface area contributed by atoms with Gasteiger partial charge < -0.3 is 10.2 Å². The molecular weight excluding hydrogens is 338 g/mol. The van der Waals surface area contributed by atoms with Gasteiger partial charge in [0, 0.05) is 26.7 Å². The Balaban J connectivity index is 0.00000264. The summed E-state index contributed by atoms with van der Waals surface area (Å²) < 4.78 is 26.8. The molecule has 6 nitrogen and oxygen atoms in total. The molecule has 1 fully saturated rings. The molecule has 8 heteroatoms. The molecule has 0 aliphatic carbocycles. The number of benzene rings is 1. The third-order valence-electron chi connectivity index (χ3n) is 3.91. The highest BCUT2D eigenvalue weighted by molar-refractivity contribution is 7.89. The third-order valence-corrected chi connectivity index (χ3v) is 5.83. The van der Waals surface area contributed by atoms with Crippen molar-refractivity contribution in [3.05, 3.63) is 30.3 Å². The zero-order valence-electron chi connectivity index (χ0n) is 13.4. The molecule has 1 aromatic rings. The molecule has 0 aromatic heterocycles. The lowest BCUT2D eigenvalue weighted by molar-refractivity contribution is -0.133. The molecule has 2 rings (SSSR count). The molecule has 23 heavy (non-hydrogen) atoms. The summed E-state index contributed by atoms with van der Waals surface area (Å²) in [6.07, 6.45) is 1.29. The van der Waals surface area contributed by atoms with E-state index in [2.05, 4.69) is 5.32 Å². The number of amides is 1. The standard InChI is InChI=1S/C15H23N3O3S.ClH/c1-16-10-12-17(2)15(19)14-9-6-11-18(14)22(20,21)13-7-4-3-5-8-13;/h3-5,7-8,14,16H,6,9-12H2,1-2H3;1H. The minimum Gasteiger partial charge on any atom is -0.343 e. The Morgan fingerprint density at radius 3 is 2.61 bits per heavy atom. The van der Waals surface area contributed by atoms with Gasteiger partial charge in [-0.05, 0) is 32.0 Å². The maximum absolute atomic E-state index is 12.7. The number of likely N-dealkylation sites (N-methyl/N-ethyl adjacent to an activating group) is 2. The summed E-state index contributed by atoms with van der Waals surface area (Å²) in [5.41, 5.74) is 0. The van der Waals surface area contributed by atoms with Gasteiger partial charge in [0.05, 0.1) is 4.90 Å². The fraction of sp³-hybridized carbons (Fsp3) is 0.533. The summed E-state index contributed by atoms with van der Waals surface area (Å²) in [5, 5.41) is 2.99. The van der Waals surface area contributed by atoms with Crippen molar-refractivity contribution in [3.63, 3.8) is 0 Å². The summed E-state index contributed by atoms with van der Waals surface area (Å²) in [6, 6.07) is 7.71. The number of carbonyl (C=O) groups excluding carboxylic acids is 1. The molecule has 1 atom stereocenters. The highest BCUT2D eigenvalue weighted by atomic mass is 35.5. The van der Waals surface area contributed by atoms with Crippen LogP contribution >= 0.6 is 12.4 Å². The Kier molecular flexibility index (Phi) is 7.47. The lowest BCUT2D eigenvalue weighted by atomic mass is 10.2. The molecule has 1 N–H and O–H groups in total. The van der Waals surface area contributed by atoms with E-state index in [1.165, 1.54) is 4.31 Å². The Bertz CT molecular complexity index is 610. The normalized spacial score (nSPS) is 18.4. The van der Waals surface area contributed by atoms with Gasteiger partial charge in [0.1, 0.15) is 6.04 Å². The van der Waals surface area contributed by atoms with Gasteiger partial charge in [-0.25, -0.2) is 8.42 Å². The van der Waals surface area contributed by atoms with Crippen LogP contribution in [0.2, 0.25) is 0 Å². The van der Waals surface area contributed by atoms with E-state index in [9.17, 15) is 13.2 Å². The minimum atomic E-state index is -3.62. The first kappa shape index (κ1) is 19.9. The topological polar surface area (TPSA) is 69.7 Å². The third kappa shape index (κ3) is 4.44. The highest BCUT2D eigenvalue weighted by Gasteiger charge is 2.40. The summed E-state index contributed by atoms with van der Waals surface area (Å²) >= 11 is 0. The van der Waals surface area contributed by atoms with Crippen molar-refractivity contribution in [3.8, 4) is 0 Å². The van der Waals surface area contributed by atoms with E-state index in [-0.39, 0.29) is 23.2 Å². The summed E-state index contributed by atoms with van der Waals surface area (Å²) in [4.78, 5) is 14.4. The monoisotopic (exact) mass is 361 g/mol. The number of hydrogen-bond acceptors (Lipinski definition) is 4. The summed E-state index contributed by atoms with van der Waals surface area (Å²) in [6.45, 7) is 1.64. The van der Waals surface area contributed by atoms with E-state index >= 15 is 0 Å². The van der Waals surface area contributed by atoms with Gasteiger partial charge in [-0.3, -0.25) is 4.79 Å². The molecular formula is C15H24ClN3O3S. The number of nitrogens with zero attached hydrogens (tertiary/aromatic N) is 2. The predicted octanol–water partition coefficient (Wildman–Crippen LogP) is 0.939. The van der Waals surface area contributed by atoms with Crippen LogP contribution in [0, 0.1) is 0 Å². The molecule has 0 radical (unpaired) electrons. The van der Waals surface area contributed by atoms with Gasteiger partial charge in [0.25, 0.3) is 0 Å². The number of rotatable bonds is 6. The number of halogens is 1. The Morgan fingerprint density at radius 1 is 1.35 bits per heavy atom. The number of carbonyl (C=O) groups is 1. The molecule has 130 valence electrons. The van der Waals surface area contributed by atoms with Gasteiger partial charge in [0.15, 0.2) is 0 Å². The van der Waals surface area contributed by atoms with E-state index in [1.807, 2.05) is 7.05 Å². The van der Waals surface area contributed by atoms with Gasteiger partial charge in [-0.2, -0.15) is 4.31 Å². The van der Waals surface area contributed by atoms with Crippen LogP contribution in [0.4, 0.5) is 0 Å². The molecule has 1 aromatic carbocycles. The Labute approximate surface area is 144 Å². The van der Waals surface area contributed by atoms with Crippen LogP contribution in [-0.4, -0.2) is 63.3 Å². The lowest BCUT2D eigenvalue weighted by Gasteiger charge is -2.27. The quantitative estimate of drug-likeness (QED) is 0.818. The lowest BCUT2D eigenvalue weighted by Crippen LogP contribution is -2.47. The molecule has 1 aliphatic heterocycles. The molecule has 1 unspecified atom stereocenters. The molecule has 0 saturated carbocycles. The minimum absolute atomic E-state index is 0. The smallest absolute Gasteiger partial charge is 0.243 e. The van der Waals surface area contributed by atoms with Crippen LogP contribution in [0.3, 0.4) is 0 Å². The largest absolute Gasteiger partial charge is 0.343 e. The second-order valence-corrected chi connectivity index (χ2v) is 7.34. The second kappa shape index (κ2) is 8.63. The first-order valence-electron chi connectivity index (χ1n) is 7.45. The van der Waals surface area contributed by atoms with Gasteiger partial charge in [0.2, 0.25) is 15.9 Å². The predicted molar refractivity (Wildman–Crippen MR) is 92.2 cm³/mol. The van der Waals surface area contributed by atoms with Crippen molar-refractivity contribution in [1.82, 2.24) is 14.5 Å². The van der Waals surface area contributed by atoms with Crippen molar-refractivity contribution in [2.45, 2.75) is 23.8 Å². The molecule has 1 saturated heterocycles. The van der Waals surface area contributed by atoms with Gasteiger partial charge in [-0.1, -0.05) is 18.2 Å². The van der Waals surface area contributed by atoms with Crippen molar-refractivity contribution in [1.29, 1.82) is 0 Å². The van der Waals surface area contributed by atoms with Crippen molar-refractivity contribution < 1.29 is 13.2 Å². The first-order chi connectivity index (χ1) is 10.5. The summed E-state index contributed by atoms with van der Waals surface area (Å²) in [7, 11) is -0.0836. The van der Waals surface area contributed by atoms with Gasteiger partial charge in [-0.15, -0.1) is 12.4 Å². The number of nitrogens with one attached hydrogen (secondary N) is 1. The van der Waals surface area contributed by atoms with Gasteiger partial charge >= 0.3 is 0 Å². The number of sulfonamides is 1. The van der Waals surface area contributed by atoms with Crippen LogP contribution in [0.15, 0.2) is 35.2 Å². The van der Waals surface area contributed by atoms with E-state index in [4.69, 9.17) is 0 Å². The molecule has 0 spiro atoms. The summed E-state index contributed by atoms with van der Waals surface area (Å²) in [5.74, 6) is -0.132. The van der Waals surface area contributed by atoms with E-state index in [0.717, 1.165) is 0 Å². The fourth-order valence-corrected chi connectivity index (χ4v) is 4.32. The zero-order chi connectivity index (χ0) is 16.2. The van der Waals surface area contributed by atoms with Crippen molar-refractivity contribution in [2.24, 2.45) is 0 Å². The van der Waals surface area contributed by atoms with E-state index in [0.29, 0.717) is 32.5 Å². The first-order valence-corrected chi connectivity index (χ1v) is 8.89. The van der Waals surface area contributed by atoms with Crippen LogP contribution < -0.4 is 5.32 Å². The maximum Gasteiger partial charge on any atom is 0.243 e. The molecule has 1 amide bonds. The van der Waals surface area contributed by atoms with Crippen molar-refractivity contribution >= 4 is 28.3 Å². The van der Waals surface area contributed by atoms with Crippen LogP contribution in [0.25, 0.3) is 0 Å². The maximum atomic E-state index is 12.7. The number of hydrogen-bond donors (Lipinski definition) is 1. The zero-order valence-corrected chi connectivity index (χ0v) is 15.1. The Morgan fingerprint density at radius 2 is 2.00 bits per heavy atom. The van der Waals surface area contributed by atoms with E-state index in [1.54, 1.807) is 42.3 Å². The van der Waals surface area contributed by atoms with Crippen molar-refractivity contribution in [2.75, 3.05) is 33.7 Å². The van der Waals surface area contributed by atoms with Crippen LogP contribution in [-0.2, 0) is 14.8 Å². The fourth-order valence-electron chi connectivity index (χ4n) is 2.65. The SMILES string of the molecule is CNCCN(C)C(=O)C1CCCN1S(=O)(=O)c1ccccc1.Cl. The average Bonchev–Trinajstić information content (AvgIpc) is 3.03. The van der Waals surface area contributed by atoms with E-state index < -0.39 is 16.1 Å². The second-order valence-electron chi connectivity index (χ2n) is 5.45. The highest BCUT2D eigenvalue weighted by Crippen LogP contribution is 2.26. The van der Waals surface area contributed by atoms with Crippen LogP contribution in [0.5, 0.6) is 0 Å². The molecule has 0 bridgehead atoms.